The number of nitrogens with one attached hydrogen (secondary N) is 1. The van der Waals surface area contributed by atoms with E-state index in [1.165, 1.54) is 12.1 Å². The first kappa shape index (κ1) is 14.9. The standard InChI is InChI=1S/C11H18N2O4S/c1-7-3-10(4-11(12)8(7)2)18(16,17)13-9(5-14)6-15/h3-4,9,13-15H,5-6,12H2,1-2H3. The SMILES string of the molecule is Cc1cc(S(=O)(=O)NC(CO)CO)cc(N)c1C. The second-order valence-electron chi connectivity index (χ2n) is 4.14. The molecule has 0 aromatic heterocycles. The van der Waals surface area contributed by atoms with Gasteiger partial charge in [-0.05, 0) is 37.1 Å². The van der Waals surface area contributed by atoms with E-state index in [0.29, 0.717) is 5.69 Å². The van der Waals surface area contributed by atoms with Gasteiger partial charge in [0.2, 0.25) is 10.0 Å². The van der Waals surface area contributed by atoms with E-state index >= 15 is 0 Å². The smallest absolute Gasteiger partial charge is 0.241 e. The molecule has 1 aromatic rings. The summed E-state index contributed by atoms with van der Waals surface area (Å²) in [5.41, 5.74) is 7.70. The first-order valence-corrected chi connectivity index (χ1v) is 6.91. The molecule has 0 heterocycles. The summed E-state index contributed by atoms with van der Waals surface area (Å²) in [4.78, 5) is 0.0231. The van der Waals surface area contributed by atoms with Crippen LogP contribution in [-0.2, 0) is 10.0 Å². The fraction of sp³-hybridized carbons (Fsp3) is 0.455. The minimum Gasteiger partial charge on any atom is -0.398 e. The zero-order valence-electron chi connectivity index (χ0n) is 10.3. The average molecular weight is 274 g/mol. The van der Waals surface area contributed by atoms with Crippen molar-refractivity contribution < 1.29 is 18.6 Å². The highest BCUT2D eigenvalue weighted by Crippen LogP contribution is 2.21. The summed E-state index contributed by atoms with van der Waals surface area (Å²) in [5, 5.41) is 17.8. The van der Waals surface area contributed by atoms with Crippen molar-refractivity contribution in [1.29, 1.82) is 0 Å². The monoisotopic (exact) mass is 274 g/mol. The topological polar surface area (TPSA) is 113 Å². The summed E-state index contributed by atoms with van der Waals surface area (Å²) in [6, 6.07) is 1.94. The van der Waals surface area contributed by atoms with Gasteiger partial charge in [0.05, 0.1) is 24.2 Å². The van der Waals surface area contributed by atoms with Crippen molar-refractivity contribution in [3.8, 4) is 0 Å². The third kappa shape index (κ3) is 3.20. The first-order chi connectivity index (χ1) is 8.31. The molecular weight excluding hydrogens is 256 g/mol. The number of benzene rings is 1. The van der Waals surface area contributed by atoms with Crippen molar-refractivity contribution in [1.82, 2.24) is 4.72 Å². The molecule has 102 valence electrons. The quantitative estimate of drug-likeness (QED) is 0.542. The molecule has 6 nitrogen and oxygen atoms in total. The highest BCUT2D eigenvalue weighted by atomic mass is 32.2. The lowest BCUT2D eigenvalue weighted by Gasteiger charge is -2.15. The Labute approximate surface area is 106 Å². The molecule has 1 rings (SSSR count). The lowest BCUT2D eigenvalue weighted by atomic mass is 10.1. The van der Waals surface area contributed by atoms with E-state index in [1.54, 1.807) is 13.8 Å². The number of hydrogen-bond donors (Lipinski definition) is 4. The normalized spacial score (nSPS) is 12.1. The van der Waals surface area contributed by atoms with Crippen LogP contribution in [0.15, 0.2) is 17.0 Å². The maximum atomic E-state index is 12.0. The number of aryl methyl sites for hydroxylation is 1. The molecule has 0 unspecified atom stereocenters. The van der Waals surface area contributed by atoms with Gasteiger partial charge >= 0.3 is 0 Å². The van der Waals surface area contributed by atoms with Crippen LogP contribution in [0.3, 0.4) is 0 Å². The van der Waals surface area contributed by atoms with Crippen LogP contribution in [0.4, 0.5) is 5.69 Å². The number of rotatable bonds is 5. The average Bonchev–Trinajstić information content (AvgIpc) is 2.32. The van der Waals surface area contributed by atoms with Crippen molar-refractivity contribution >= 4 is 15.7 Å². The molecule has 0 aliphatic carbocycles. The van der Waals surface area contributed by atoms with Gasteiger partial charge in [-0.15, -0.1) is 0 Å². The van der Waals surface area contributed by atoms with Crippen molar-refractivity contribution in [3.05, 3.63) is 23.3 Å². The molecule has 0 aliphatic heterocycles. The Morgan fingerprint density at radius 1 is 1.28 bits per heavy atom. The molecule has 7 heteroatoms. The highest BCUT2D eigenvalue weighted by molar-refractivity contribution is 7.89. The van der Waals surface area contributed by atoms with Gasteiger partial charge in [-0.2, -0.15) is 0 Å². The van der Waals surface area contributed by atoms with Crippen LogP contribution < -0.4 is 10.5 Å². The van der Waals surface area contributed by atoms with Crippen LogP contribution in [0.1, 0.15) is 11.1 Å². The van der Waals surface area contributed by atoms with E-state index in [2.05, 4.69) is 4.72 Å². The molecule has 1 aromatic carbocycles. The number of nitrogen functional groups attached to an aromatic ring is 1. The Kier molecular flexibility index (Phi) is 4.69. The molecule has 0 saturated heterocycles. The van der Waals surface area contributed by atoms with E-state index in [-0.39, 0.29) is 4.90 Å². The summed E-state index contributed by atoms with van der Waals surface area (Å²) in [6.45, 7) is 2.62. The number of aliphatic hydroxyl groups excluding tert-OH is 2. The maximum absolute atomic E-state index is 12.0. The van der Waals surface area contributed by atoms with E-state index in [1.807, 2.05) is 0 Å². The summed E-state index contributed by atoms with van der Waals surface area (Å²) < 4.78 is 26.2. The zero-order chi connectivity index (χ0) is 13.9. The Balaban J connectivity index is 3.13. The number of sulfonamides is 1. The molecule has 0 bridgehead atoms. The van der Waals surface area contributed by atoms with Crippen molar-refractivity contribution in [2.75, 3.05) is 18.9 Å². The van der Waals surface area contributed by atoms with Crippen molar-refractivity contribution in [2.45, 2.75) is 24.8 Å². The second-order valence-corrected chi connectivity index (χ2v) is 5.85. The Morgan fingerprint density at radius 3 is 2.28 bits per heavy atom. The molecule has 18 heavy (non-hydrogen) atoms. The van der Waals surface area contributed by atoms with Gasteiger partial charge in [-0.3, -0.25) is 0 Å². The van der Waals surface area contributed by atoms with Gasteiger partial charge < -0.3 is 15.9 Å². The third-order valence-electron chi connectivity index (χ3n) is 2.75. The maximum Gasteiger partial charge on any atom is 0.241 e. The molecule has 5 N–H and O–H groups in total. The van der Waals surface area contributed by atoms with Crippen LogP contribution in [0.5, 0.6) is 0 Å². The minimum absolute atomic E-state index is 0.0231. The van der Waals surface area contributed by atoms with Crippen LogP contribution in [0.25, 0.3) is 0 Å². The lowest BCUT2D eigenvalue weighted by Crippen LogP contribution is -2.40. The predicted octanol–water partition coefficient (Wildman–Crippen LogP) is -0.483. The Bertz CT molecular complexity index is 501. The molecule has 0 fully saturated rings. The fourth-order valence-corrected chi connectivity index (χ4v) is 2.77. The summed E-state index contributed by atoms with van der Waals surface area (Å²) >= 11 is 0. The van der Waals surface area contributed by atoms with Crippen LogP contribution >= 0.6 is 0 Å². The number of nitrogens with two attached hydrogens (primary N) is 1. The van der Waals surface area contributed by atoms with E-state index in [9.17, 15) is 8.42 Å². The molecule has 0 aliphatic rings. The summed E-state index contributed by atoms with van der Waals surface area (Å²) in [7, 11) is -3.80. The third-order valence-corrected chi connectivity index (χ3v) is 4.25. The van der Waals surface area contributed by atoms with Gasteiger partial charge in [0.1, 0.15) is 0 Å². The molecular formula is C11H18N2O4S. The van der Waals surface area contributed by atoms with E-state index in [0.717, 1.165) is 11.1 Å². The van der Waals surface area contributed by atoms with Crippen LogP contribution in [-0.4, -0.2) is 37.9 Å². The van der Waals surface area contributed by atoms with Crippen LogP contribution in [0.2, 0.25) is 0 Å². The first-order valence-electron chi connectivity index (χ1n) is 5.42. The Morgan fingerprint density at radius 2 is 1.83 bits per heavy atom. The number of hydrogen-bond acceptors (Lipinski definition) is 5. The predicted molar refractivity (Wildman–Crippen MR) is 68.6 cm³/mol. The summed E-state index contributed by atoms with van der Waals surface area (Å²) in [6.07, 6.45) is 0. The lowest BCUT2D eigenvalue weighted by molar-refractivity contribution is 0.185. The van der Waals surface area contributed by atoms with E-state index in [4.69, 9.17) is 15.9 Å². The zero-order valence-corrected chi connectivity index (χ0v) is 11.2. The summed E-state index contributed by atoms with van der Waals surface area (Å²) in [5.74, 6) is 0. The molecule has 0 atom stereocenters. The Hall–Kier alpha value is -1.15. The number of anilines is 1. The van der Waals surface area contributed by atoms with Crippen molar-refractivity contribution in [2.24, 2.45) is 0 Å². The van der Waals surface area contributed by atoms with Gasteiger partial charge in [0.25, 0.3) is 0 Å². The van der Waals surface area contributed by atoms with E-state index < -0.39 is 29.3 Å². The van der Waals surface area contributed by atoms with Crippen LogP contribution in [0, 0.1) is 13.8 Å². The molecule has 0 saturated carbocycles. The largest absolute Gasteiger partial charge is 0.398 e. The van der Waals surface area contributed by atoms with Gasteiger partial charge in [0, 0.05) is 5.69 Å². The number of aliphatic hydroxyl groups is 2. The molecule has 0 radical (unpaired) electrons. The van der Waals surface area contributed by atoms with Gasteiger partial charge in [-0.25, -0.2) is 13.1 Å². The molecule has 0 amide bonds. The van der Waals surface area contributed by atoms with Gasteiger partial charge in [-0.1, -0.05) is 0 Å². The highest BCUT2D eigenvalue weighted by Gasteiger charge is 2.20. The second kappa shape index (κ2) is 5.66. The fourth-order valence-electron chi connectivity index (χ4n) is 1.43. The van der Waals surface area contributed by atoms with Gasteiger partial charge in [0.15, 0.2) is 0 Å². The molecule has 0 spiro atoms. The van der Waals surface area contributed by atoms with Crippen molar-refractivity contribution in [3.63, 3.8) is 0 Å². The minimum atomic E-state index is -3.80.